The van der Waals surface area contributed by atoms with Gasteiger partial charge in [-0.15, -0.1) is 0 Å². The highest BCUT2D eigenvalue weighted by molar-refractivity contribution is 5.95. The summed E-state index contributed by atoms with van der Waals surface area (Å²) >= 11 is 0. The molecule has 2 fully saturated rings. The molecule has 20 heavy (non-hydrogen) atoms. The average Bonchev–Trinajstić information content (AvgIpc) is 2.73. The average molecular weight is 268 g/mol. The van der Waals surface area contributed by atoms with E-state index >= 15 is 0 Å². The Bertz CT molecular complexity index is 593. The third-order valence-electron chi connectivity index (χ3n) is 6.07. The van der Waals surface area contributed by atoms with Gasteiger partial charge in [0.25, 0.3) is 0 Å². The summed E-state index contributed by atoms with van der Waals surface area (Å²) in [7, 11) is 0. The largest absolute Gasteiger partial charge is 0.299 e. The van der Waals surface area contributed by atoms with Crippen LogP contribution in [0.15, 0.2) is 35.5 Å². The van der Waals surface area contributed by atoms with Crippen molar-refractivity contribution >= 4 is 11.6 Å². The molecule has 0 aromatic carbocycles. The van der Waals surface area contributed by atoms with Crippen LogP contribution in [0.5, 0.6) is 0 Å². The van der Waals surface area contributed by atoms with Gasteiger partial charge in [0.1, 0.15) is 5.78 Å². The molecule has 4 atom stereocenters. The van der Waals surface area contributed by atoms with E-state index in [1.54, 1.807) is 6.08 Å². The molecule has 2 heteroatoms. The van der Waals surface area contributed by atoms with Crippen LogP contribution in [0.3, 0.4) is 0 Å². The van der Waals surface area contributed by atoms with Gasteiger partial charge in [0.15, 0.2) is 5.78 Å². The second kappa shape index (κ2) is 4.03. The maximum Gasteiger partial charge on any atom is 0.160 e. The highest BCUT2D eigenvalue weighted by Crippen LogP contribution is 2.56. The number of allylic oxidation sites excluding steroid dienone is 6. The molecule has 2 nitrogen and oxygen atoms in total. The minimum Gasteiger partial charge on any atom is -0.299 e. The Morgan fingerprint density at radius 1 is 1.15 bits per heavy atom. The van der Waals surface area contributed by atoms with E-state index in [9.17, 15) is 9.59 Å². The molecular weight excluding hydrogens is 248 g/mol. The molecule has 0 saturated heterocycles. The Kier molecular flexibility index (Phi) is 2.48. The lowest BCUT2D eigenvalue weighted by molar-refractivity contribution is -0.128. The molecule has 1 unspecified atom stereocenters. The monoisotopic (exact) mass is 268 g/mol. The zero-order valence-corrected chi connectivity index (χ0v) is 11.9. The number of fused-ring (bicyclic) bond motifs is 4. The molecule has 0 bridgehead atoms. The first kappa shape index (κ1) is 12.3. The van der Waals surface area contributed by atoms with Gasteiger partial charge in [0, 0.05) is 18.3 Å². The molecule has 0 spiro atoms. The Balaban J connectivity index is 1.73. The summed E-state index contributed by atoms with van der Waals surface area (Å²) in [6.07, 6.45) is 12.9. The van der Waals surface area contributed by atoms with E-state index in [0.29, 0.717) is 30.0 Å². The summed E-state index contributed by atoms with van der Waals surface area (Å²) in [6.45, 7) is 2.18. The van der Waals surface area contributed by atoms with Crippen molar-refractivity contribution in [2.45, 2.75) is 39.0 Å². The smallest absolute Gasteiger partial charge is 0.160 e. The van der Waals surface area contributed by atoms with Gasteiger partial charge in [0.2, 0.25) is 0 Å². The van der Waals surface area contributed by atoms with Crippen molar-refractivity contribution in [2.24, 2.45) is 23.2 Å². The summed E-state index contributed by atoms with van der Waals surface area (Å²) in [5.41, 5.74) is 2.36. The van der Waals surface area contributed by atoms with Crippen molar-refractivity contribution in [1.29, 1.82) is 0 Å². The summed E-state index contributed by atoms with van der Waals surface area (Å²) in [5, 5.41) is 0. The van der Waals surface area contributed by atoms with Crippen LogP contribution in [-0.2, 0) is 9.59 Å². The first-order valence-corrected chi connectivity index (χ1v) is 7.75. The topological polar surface area (TPSA) is 34.1 Å². The minimum atomic E-state index is -0.0855. The molecule has 0 aromatic heterocycles. The first-order valence-electron chi connectivity index (χ1n) is 7.75. The maximum atomic E-state index is 12.2. The zero-order valence-electron chi connectivity index (χ0n) is 11.9. The predicted molar refractivity (Wildman–Crippen MR) is 77.0 cm³/mol. The summed E-state index contributed by atoms with van der Waals surface area (Å²) in [5.74, 6) is 2.23. The maximum absolute atomic E-state index is 12.2. The zero-order chi connectivity index (χ0) is 13.9. The van der Waals surface area contributed by atoms with Gasteiger partial charge in [0.05, 0.1) is 0 Å². The number of Topliss-reactive ketones (excluding diaryl/α,β-unsaturated/α-hetero) is 1. The number of hydrogen-bond acceptors (Lipinski definition) is 2. The fourth-order valence-electron chi connectivity index (χ4n) is 4.85. The van der Waals surface area contributed by atoms with Crippen LogP contribution in [0, 0.1) is 23.2 Å². The predicted octanol–water partition coefficient (Wildman–Crippen LogP) is 3.39. The molecule has 0 heterocycles. The van der Waals surface area contributed by atoms with E-state index in [-0.39, 0.29) is 11.2 Å². The van der Waals surface area contributed by atoms with Gasteiger partial charge in [-0.05, 0) is 54.2 Å². The lowest BCUT2D eigenvalue weighted by atomic mass is 9.58. The molecular formula is C18H20O2. The first-order chi connectivity index (χ1) is 9.58. The van der Waals surface area contributed by atoms with Gasteiger partial charge in [-0.3, -0.25) is 9.59 Å². The third-order valence-corrected chi connectivity index (χ3v) is 6.07. The highest BCUT2D eigenvalue weighted by Gasteiger charge is 2.53. The van der Waals surface area contributed by atoms with Crippen molar-refractivity contribution in [3.63, 3.8) is 0 Å². The lowest BCUT2D eigenvalue weighted by Gasteiger charge is -2.45. The van der Waals surface area contributed by atoms with Crippen molar-refractivity contribution < 1.29 is 9.59 Å². The molecule has 0 aromatic rings. The Hall–Kier alpha value is -1.44. The van der Waals surface area contributed by atoms with Gasteiger partial charge in [-0.25, -0.2) is 0 Å². The van der Waals surface area contributed by atoms with E-state index in [4.69, 9.17) is 0 Å². The quantitative estimate of drug-likeness (QED) is 0.675. The lowest BCUT2D eigenvalue weighted by Crippen LogP contribution is -2.41. The normalized spacial score (nSPS) is 42.5. The number of ketones is 2. The van der Waals surface area contributed by atoms with Gasteiger partial charge >= 0.3 is 0 Å². The van der Waals surface area contributed by atoms with Crippen LogP contribution >= 0.6 is 0 Å². The van der Waals surface area contributed by atoms with Crippen LogP contribution in [-0.4, -0.2) is 11.6 Å². The Labute approximate surface area is 119 Å². The van der Waals surface area contributed by atoms with E-state index < -0.39 is 0 Å². The summed E-state index contributed by atoms with van der Waals surface area (Å²) < 4.78 is 0. The van der Waals surface area contributed by atoms with Gasteiger partial charge in [-0.1, -0.05) is 25.2 Å². The van der Waals surface area contributed by atoms with Gasteiger partial charge < -0.3 is 0 Å². The standard InChI is InChI=1S/C18H20O2/c1-18-7-6-12-8-13-9-14(19)3-2-11(13)10-15(12)16(18)4-5-17(18)20/h2-3,8,10,12,15-16H,4-7,9H2,1H3/t12-,15+,16-,18?/m0/s1. The number of hydrogen-bond donors (Lipinski definition) is 0. The molecule has 104 valence electrons. The number of carbonyl (C=O) groups is 2. The highest BCUT2D eigenvalue weighted by atomic mass is 16.1. The Morgan fingerprint density at radius 3 is 2.85 bits per heavy atom. The van der Waals surface area contributed by atoms with E-state index in [1.165, 1.54) is 11.1 Å². The van der Waals surface area contributed by atoms with Crippen molar-refractivity contribution in [3.05, 3.63) is 35.5 Å². The fraction of sp³-hybridized carbons (Fsp3) is 0.556. The molecule has 2 saturated carbocycles. The van der Waals surface area contributed by atoms with E-state index in [2.05, 4.69) is 19.1 Å². The van der Waals surface area contributed by atoms with Crippen LogP contribution in [0.4, 0.5) is 0 Å². The second-order valence-corrected chi connectivity index (χ2v) is 7.06. The second-order valence-electron chi connectivity index (χ2n) is 7.06. The molecule has 4 aliphatic rings. The van der Waals surface area contributed by atoms with Crippen LogP contribution in [0.2, 0.25) is 0 Å². The molecule has 0 amide bonds. The Morgan fingerprint density at radius 2 is 2.00 bits per heavy atom. The molecule has 0 radical (unpaired) electrons. The van der Waals surface area contributed by atoms with Crippen LogP contribution in [0.25, 0.3) is 0 Å². The van der Waals surface area contributed by atoms with E-state index in [0.717, 1.165) is 25.7 Å². The summed E-state index contributed by atoms with van der Waals surface area (Å²) in [6, 6.07) is 0. The van der Waals surface area contributed by atoms with Crippen LogP contribution in [0.1, 0.15) is 39.0 Å². The van der Waals surface area contributed by atoms with Crippen LogP contribution < -0.4 is 0 Å². The van der Waals surface area contributed by atoms with Crippen molar-refractivity contribution in [1.82, 2.24) is 0 Å². The minimum absolute atomic E-state index is 0.0855. The molecule has 4 rings (SSSR count). The molecule has 0 aliphatic heterocycles. The third kappa shape index (κ3) is 1.57. The molecule has 4 aliphatic carbocycles. The number of carbonyl (C=O) groups excluding carboxylic acids is 2. The molecule has 0 N–H and O–H groups in total. The van der Waals surface area contributed by atoms with Crippen molar-refractivity contribution in [2.75, 3.05) is 0 Å². The van der Waals surface area contributed by atoms with E-state index in [1.807, 2.05) is 6.08 Å². The number of rotatable bonds is 0. The van der Waals surface area contributed by atoms with Gasteiger partial charge in [-0.2, -0.15) is 0 Å². The SMILES string of the molecule is CC12CC[C@H]3C=C4CC(=O)C=CC4=C[C@H]3[C@@H]1CCC2=O. The van der Waals surface area contributed by atoms with Crippen molar-refractivity contribution in [3.8, 4) is 0 Å². The fourth-order valence-corrected chi connectivity index (χ4v) is 4.85. The summed E-state index contributed by atoms with van der Waals surface area (Å²) in [4.78, 5) is 23.8.